The van der Waals surface area contributed by atoms with Gasteiger partial charge in [0.1, 0.15) is 10.6 Å². The predicted octanol–water partition coefficient (Wildman–Crippen LogP) is 6.47. The lowest BCUT2D eigenvalue weighted by atomic mass is 10.1. The van der Waals surface area contributed by atoms with Gasteiger partial charge >= 0.3 is 18.3 Å². The van der Waals surface area contributed by atoms with Gasteiger partial charge in [-0.05, 0) is 29.4 Å². The molecule has 0 N–H and O–H groups in total. The van der Waals surface area contributed by atoms with Crippen LogP contribution in [-0.2, 0) is 22.1 Å². The quantitative estimate of drug-likeness (QED) is 0.370. The van der Waals surface area contributed by atoms with E-state index in [9.17, 15) is 35.5 Å². The summed E-state index contributed by atoms with van der Waals surface area (Å²) in [6, 6.07) is 1.58. The lowest BCUT2D eigenvalue weighted by molar-refractivity contribution is -0.243. The van der Waals surface area contributed by atoms with Gasteiger partial charge in [-0.25, -0.2) is 8.78 Å². The van der Waals surface area contributed by atoms with Crippen molar-refractivity contribution >= 4 is 17.6 Å². The maximum absolute atomic E-state index is 14.3. The Morgan fingerprint density at radius 1 is 1.17 bits per heavy atom. The van der Waals surface area contributed by atoms with Crippen molar-refractivity contribution in [2.75, 3.05) is 0 Å². The number of benzene rings is 1. The molecule has 2 nitrogen and oxygen atoms in total. The summed E-state index contributed by atoms with van der Waals surface area (Å²) in [6.07, 6.45) is -8.22. The van der Waals surface area contributed by atoms with Crippen molar-refractivity contribution in [3.05, 3.63) is 46.0 Å². The van der Waals surface area contributed by atoms with E-state index in [2.05, 4.69) is 4.74 Å². The number of allylic oxidation sites excluding steroid dienone is 2. The summed E-state index contributed by atoms with van der Waals surface area (Å²) in [5.74, 6) is -7.31. The molecule has 10 heteroatoms. The first-order chi connectivity index (χ1) is 13.1. The van der Waals surface area contributed by atoms with Gasteiger partial charge in [-0.2, -0.15) is 22.0 Å². The number of rotatable bonds is 6. The van der Waals surface area contributed by atoms with Crippen LogP contribution in [0.2, 0.25) is 0 Å². The van der Waals surface area contributed by atoms with Crippen LogP contribution in [0.25, 0.3) is 0 Å². The fraction of sp³-hybridized carbons (Fsp3) is 0.526. The first kappa shape index (κ1) is 23.5. The van der Waals surface area contributed by atoms with Gasteiger partial charge in [0.2, 0.25) is 0 Å². The number of carbonyl (C=O) groups excluding carboxylic acids is 1. The maximum atomic E-state index is 14.3. The van der Waals surface area contributed by atoms with Gasteiger partial charge in [0.15, 0.2) is 11.6 Å². The van der Waals surface area contributed by atoms with Gasteiger partial charge in [0, 0.05) is 0 Å². The molecule has 0 amide bonds. The molecule has 29 heavy (non-hydrogen) atoms. The fourth-order valence-corrected chi connectivity index (χ4v) is 3.35. The molecule has 1 aliphatic carbocycles. The van der Waals surface area contributed by atoms with Crippen LogP contribution in [0.4, 0.5) is 30.7 Å². The molecule has 1 saturated carbocycles. The van der Waals surface area contributed by atoms with Gasteiger partial charge in [0.05, 0.1) is 5.92 Å². The number of hydrogen-bond donors (Lipinski definition) is 0. The van der Waals surface area contributed by atoms with Crippen LogP contribution in [-0.4, -0.2) is 12.1 Å². The smallest absolute Gasteiger partial charge is 0.397 e. The van der Waals surface area contributed by atoms with Crippen LogP contribution in [0.5, 0.6) is 0 Å². The Hall–Kier alpha value is -1.77. The summed E-state index contributed by atoms with van der Waals surface area (Å²) in [4.78, 5) is 12.1. The lowest BCUT2D eigenvalue weighted by Crippen LogP contribution is -2.26. The fourth-order valence-electron chi connectivity index (χ4n) is 3.21. The number of carbonyl (C=O) groups is 1. The van der Waals surface area contributed by atoms with Crippen molar-refractivity contribution in [2.45, 2.75) is 45.9 Å². The Morgan fingerprint density at radius 3 is 2.28 bits per heavy atom. The molecule has 1 fully saturated rings. The monoisotopic (exact) mass is 446 g/mol. The van der Waals surface area contributed by atoms with Crippen LogP contribution in [0.15, 0.2) is 23.2 Å². The van der Waals surface area contributed by atoms with Crippen molar-refractivity contribution in [2.24, 2.45) is 17.3 Å². The van der Waals surface area contributed by atoms with Gasteiger partial charge in [-0.3, -0.25) is 4.79 Å². The molecule has 2 unspecified atom stereocenters. The number of ether oxygens (including phenoxy) is 1. The number of aryl methyl sites for hydroxylation is 1. The highest BCUT2D eigenvalue weighted by molar-refractivity contribution is 6.30. The third kappa shape index (κ3) is 4.70. The zero-order valence-electron chi connectivity index (χ0n) is 15.6. The van der Waals surface area contributed by atoms with E-state index in [1.54, 1.807) is 6.92 Å². The minimum absolute atomic E-state index is 0.105. The van der Waals surface area contributed by atoms with Crippen molar-refractivity contribution < 1.29 is 40.3 Å². The Kier molecular flexibility index (Phi) is 6.33. The largest absolute Gasteiger partial charge is 0.431 e. The molecular formula is C19H18ClF7O2. The molecule has 1 aromatic carbocycles. The summed E-state index contributed by atoms with van der Waals surface area (Å²) in [5.41, 5.74) is -2.71. The number of hydrogen-bond acceptors (Lipinski definition) is 2. The molecule has 2 atom stereocenters. The molecule has 0 bridgehead atoms. The van der Waals surface area contributed by atoms with Crippen molar-refractivity contribution in [3.63, 3.8) is 0 Å². The SMILES string of the molecule is CCCc1ccc(C(F)(F)OC(=O)C2C(C=C(Cl)C(F)(F)F)C2(C)C)c(F)c1F. The Bertz CT molecular complexity index is 831. The highest BCUT2D eigenvalue weighted by Gasteiger charge is 2.63. The van der Waals surface area contributed by atoms with Gasteiger partial charge in [-0.1, -0.05) is 50.9 Å². The molecule has 0 aromatic heterocycles. The summed E-state index contributed by atoms with van der Waals surface area (Å²) in [7, 11) is 0. The molecule has 162 valence electrons. The molecule has 1 aliphatic rings. The second kappa shape index (κ2) is 7.81. The van der Waals surface area contributed by atoms with E-state index in [0.717, 1.165) is 6.07 Å². The molecule has 0 heterocycles. The van der Waals surface area contributed by atoms with Crippen LogP contribution in [0, 0.1) is 28.9 Å². The minimum Gasteiger partial charge on any atom is -0.397 e. The molecule has 2 rings (SSSR count). The van der Waals surface area contributed by atoms with Gasteiger partial charge in [0.25, 0.3) is 0 Å². The zero-order valence-corrected chi connectivity index (χ0v) is 16.4. The van der Waals surface area contributed by atoms with Crippen molar-refractivity contribution in [1.82, 2.24) is 0 Å². The Morgan fingerprint density at radius 2 is 1.76 bits per heavy atom. The third-order valence-electron chi connectivity index (χ3n) is 4.99. The van der Waals surface area contributed by atoms with Crippen LogP contribution >= 0.6 is 11.6 Å². The highest BCUT2D eigenvalue weighted by Crippen LogP contribution is 2.61. The topological polar surface area (TPSA) is 26.3 Å². The van der Waals surface area contributed by atoms with Crippen molar-refractivity contribution in [3.8, 4) is 0 Å². The van der Waals surface area contributed by atoms with Gasteiger partial charge < -0.3 is 4.74 Å². The van der Waals surface area contributed by atoms with Crippen LogP contribution < -0.4 is 0 Å². The standard InChI is InChI=1S/C19H18ClF7O2/c1-4-5-9-6-7-10(15(22)14(9)21)19(26,27)29-16(28)13-11(17(13,2)3)8-12(20)18(23,24)25/h6-8,11,13H,4-5H2,1-3H3. The maximum Gasteiger partial charge on any atom is 0.431 e. The minimum atomic E-state index is -4.85. The second-order valence-corrected chi connectivity index (χ2v) is 7.83. The van der Waals surface area contributed by atoms with Crippen molar-refractivity contribution in [1.29, 1.82) is 0 Å². The summed E-state index contributed by atoms with van der Waals surface area (Å²) in [6.45, 7) is 4.44. The summed E-state index contributed by atoms with van der Waals surface area (Å²) < 4.78 is 98.4. The molecule has 0 spiro atoms. The van der Waals surface area contributed by atoms with Gasteiger partial charge in [-0.15, -0.1) is 0 Å². The average Bonchev–Trinajstić information content (AvgIpc) is 3.11. The van der Waals surface area contributed by atoms with E-state index in [1.165, 1.54) is 13.8 Å². The normalized spacial score (nSPS) is 21.8. The first-order valence-electron chi connectivity index (χ1n) is 8.67. The van der Waals surface area contributed by atoms with E-state index in [1.807, 2.05) is 0 Å². The lowest BCUT2D eigenvalue weighted by Gasteiger charge is -2.19. The summed E-state index contributed by atoms with van der Waals surface area (Å²) >= 11 is 5.14. The van der Waals surface area contributed by atoms with E-state index in [4.69, 9.17) is 11.6 Å². The first-order valence-corrected chi connectivity index (χ1v) is 9.04. The highest BCUT2D eigenvalue weighted by atomic mass is 35.5. The molecule has 1 aromatic rings. The van der Waals surface area contributed by atoms with E-state index >= 15 is 0 Å². The number of esters is 1. The molecule has 0 radical (unpaired) electrons. The van der Waals surface area contributed by atoms with E-state index in [-0.39, 0.29) is 12.0 Å². The number of alkyl halides is 5. The Labute approximate surface area is 167 Å². The summed E-state index contributed by atoms with van der Waals surface area (Å²) in [5, 5.41) is -1.49. The predicted molar refractivity (Wildman–Crippen MR) is 91.1 cm³/mol. The van der Waals surface area contributed by atoms with E-state index in [0.29, 0.717) is 18.6 Å². The third-order valence-corrected chi connectivity index (χ3v) is 5.33. The molecule has 0 aliphatic heterocycles. The van der Waals surface area contributed by atoms with Crippen LogP contribution in [0.3, 0.4) is 0 Å². The molecular weight excluding hydrogens is 429 g/mol. The zero-order chi connectivity index (χ0) is 22.4. The average molecular weight is 447 g/mol. The second-order valence-electron chi connectivity index (χ2n) is 7.43. The van der Waals surface area contributed by atoms with E-state index < -0.39 is 57.7 Å². The van der Waals surface area contributed by atoms with Crippen LogP contribution in [0.1, 0.15) is 38.3 Å². The molecule has 0 saturated heterocycles. The number of halogens is 8. The Balaban J connectivity index is 2.23.